The summed E-state index contributed by atoms with van der Waals surface area (Å²) in [6, 6.07) is 5.84. The summed E-state index contributed by atoms with van der Waals surface area (Å²) in [6.45, 7) is 5.85. The molecule has 2 unspecified atom stereocenters. The van der Waals surface area contributed by atoms with Gasteiger partial charge < -0.3 is 4.90 Å². The van der Waals surface area contributed by atoms with Gasteiger partial charge >= 0.3 is 0 Å². The van der Waals surface area contributed by atoms with Gasteiger partial charge in [0.1, 0.15) is 0 Å². The molecule has 2 nitrogen and oxygen atoms in total. The van der Waals surface area contributed by atoms with E-state index in [1.54, 1.807) is 0 Å². The average Bonchev–Trinajstić information content (AvgIpc) is 2.35. The number of hydrogen-bond donors (Lipinski definition) is 0. The minimum absolute atomic E-state index is 0.136. The van der Waals surface area contributed by atoms with Crippen molar-refractivity contribution in [2.45, 2.75) is 25.1 Å². The topological polar surface area (TPSA) is 20.3 Å². The Morgan fingerprint density at radius 2 is 2.17 bits per heavy atom. The van der Waals surface area contributed by atoms with E-state index in [1.165, 1.54) is 0 Å². The first kappa shape index (κ1) is 14.1. The molecule has 0 radical (unpaired) electrons. The van der Waals surface area contributed by atoms with Gasteiger partial charge in [-0.15, -0.1) is 0 Å². The smallest absolute Gasteiger partial charge is 0.255 e. The fourth-order valence-electron chi connectivity index (χ4n) is 2.28. The Balaban J connectivity index is 2.19. The van der Waals surface area contributed by atoms with Crippen molar-refractivity contribution in [1.29, 1.82) is 0 Å². The maximum atomic E-state index is 12.5. The number of alkyl halides is 1. The number of nitrogens with zero attached hydrogens (tertiary/aromatic N) is 1. The zero-order valence-electron chi connectivity index (χ0n) is 10.6. The molecule has 0 aromatic heterocycles. The predicted octanol–water partition coefficient (Wildman–Crippen LogP) is 4.00. The Kier molecular flexibility index (Phi) is 4.49. The van der Waals surface area contributed by atoms with Crippen LogP contribution in [0.5, 0.6) is 0 Å². The molecular formula is C14H17Br2NO. The van der Waals surface area contributed by atoms with Crippen molar-refractivity contribution in [2.24, 2.45) is 5.92 Å². The Labute approximate surface area is 125 Å². The molecule has 1 aliphatic heterocycles. The molecule has 2 atom stereocenters. The zero-order valence-corrected chi connectivity index (χ0v) is 13.8. The molecule has 18 heavy (non-hydrogen) atoms. The van der Waals surface area contributed by atoms with Crippen molar-refractivity contribution in [1.82, 2.24) is 4.90 Å². The van der Waals surface area contributed by atoms with E-state index in [0.29, 0.717) is 10.7 Å². The average molecular weight is 375 g/mol. The zero-order chi connectivity index (χ0) is 13.3. The maximum Gasteiger partial charge on any atom is 0.255 e. The summed E-state index contributed by atoms with van der Waals surface area (Å²) in [5.74, 6) is 0.642. The molecule has 1 aliphatic rings. The molecule has 1 aromatic rings. The number of rotatable bonds is 1. The number of piperidine rings is 1. The van der Waals surface area contributed by atoms with Gasteiger partial charge in [-0.25, -0.2) is 0 Å². The molecular weight excluding hydrogens is 358 g/mol. The minimum atomic E-state index is 0.136. The lowest BCUT2D eigenvalue weighted by atomic mass is 9.99. The van der Waals surface area contributed by atoms with Crippen molar-refractivity contribution < 1.29 is 4.79 Å². The highest BCUT2D eigenvalue weighted by Gasteiger charge is 2.28. The molecule has 1 fully saturated rings. The molecule has 1 saturated heterocycles. The normalized spacial score (nSPS) is 24.1. The monoisotopic (exact) mass is 373 g/mol. The van der Waals surface area contributed by atoms with E-state index in [0.717, 1.165) is 35.1 Å². The van der Waals surface area contributed by atoms with E-state index < -0.39 is 0 Å². The molecule has 0 bridgehead atoms. The number of aryl methyl sites for hydroxylation is 1. The molecule has 0 N–H and O–H groups in total. The molecule has 98 valence electrons. The van der Waals surface area contributed by atoms with Crippen molar-refractivity contribution in [2.75, 3.05) is 13.1 Å². The molecule has 1 amide bonds. The highest BCUT2D eigenvalue weighted by Crippen LogP contribution is 2.27. The number of likely N-dealkylation sites (tertiary alicyclic amines) is 1. The van der Waals surface area contributed by atoms with Crippen LogP contribution in [0.2, 0.25) is 0 Å². The van der Waals surface area contributed by atoms with Crippen molar-refractivity contribution in [3.05, 3.63) is 33.8 Å². The summed E-state index contributed by atoms with van der Waals surface area (Å²) in [7, 11) is 0. The number of amides is 1. The van der Waals surface area contributed by atoms with Crippen LogP contribution in [0.4, 0.5) is 0 Å². The molecule has 1 heterocycles. The van der Waals surface area contributed by atoms with E-state index in [4.69, 9.17) is 0 Å². The molecule has 4 heteroatoms. The van der Waals surface area contributed by atoms with E-state index in [9.17, 15) is 4.79 Å². The second-order valence-electron chi connectivity index (χ2n) is 4.97. The van der Waals surface area contributed by atoms with Gasteiger partial charge in [-0.05, 0) is 46.8 Å². The van der Waals surface area contributed by atoms with Crippen molar-refractivity contribution >= 4 is 37.8 Å². The Morgan fingerprint density at radius 3 is 2.83 bits per heavy atom. The number of carbonyl (C=O) groups is 1. The lowest BCUT2D eigenvalue weighted by molar-refractivity contribution is 0.0689. The summed E-state index contributed by atoms with van der Waals surface area (Å²) in [6.07, 6.45) is 1.02. The molecule has 0 aliphatic carbocycles. The first-order valence-corrected chi connectivity index (χ1v) is 7.90. The van der Waals surface area contributed by atoms with Crippen LogP contribution < -0.4 is 0 Å². The Hall–Kier alpha value is -0.350. The van der Waals surface area contributed by atoms with Gasteiger partial charge in [0.25, 0.3) is 5.91 Å². The molecule has 1 aromatic carbocycles. The van der Waals surface area contributed by atoms with Crippen molar-refractivity contribution in [3.8, 4) is 0 Å². The van der Waals surface area contributed by atoms with Gasteiger partial charge in [0, 0.05) is 22.4 Å². The van der Waals surface area contributed by atoms with Crippen LogP contribution >= 0.6 is 31.9 Å². The number of hydrogen-bond acceptors (Lipinski definition) is 1. The summed E-state index contributed by atoms with van der Waals surface area (Å²) in [4.78, 5) is 15.0. The largest absolute Gasteiger partial charge is 0.338 e. The van der Waals surface area contributed by atoms with Crippen LogP contribution in [-0.4, -0.2) is 28.7 Å². The van der Waals surface area contributed by atoms with Crippen molar-refractivity contribution in [3.63, 3.8) is 0 Å². The first-order chi connectivity index (χ1) is 8.50. The van der Waals surface area contributed by atoms with E-state index in [-0.39, 0.29) is 5.91 Å². The third-order valence-corrected chi connectivity index (χ3v) is 5.92. The molecule has 0 saturated carbocycles. The Bertz CT molecular complexity index is 461. The third-order valence-electron chi connectivity index (χ3n) is 3.51. The van der Waals surface area contributed by atoms with Gasteiger partial charge in [-0.1, -0.05) is 35.0 Å². The van der Waals surface area contributed by atoms with Crippen LogP contribution in [-0.2, 0) is 0 Å². The highest BCUT2D eigenvalue weighted by molar-refractivity contribution is 9.10. The van der Waals surface area contributed by atoms with Crippen LogP contribution in [0, 0.1) is 12.8 Å². The van der Waals surface area contributed by atoms with E-state index in [1.807, 2.05) is 30.0 Å². The van der Waals surface area contributed by atoms with E-state index in [2.05, 4.69) is 38.8 Å². The quantitative estimate of drug-likeness (QED) is 0.680. The lowest BCUT2D eigenvalue weighted by Crippen LogP contribution is -2.43. The lowest BCUT2D eigenvalue weighted by Gasteiger charge is -2.34. The minimum Gasteiger partial charge on any atom is -0.338 e. The SMILES string of the molecule is Cc1cccc(C(=O)N2CCC(Br)C(C)C2)c1Br. The molecule has 2 rings (SSSR count). The van der Waals surface area contributed by atoms with Gasteiger partial charge in [-0.3, -0.25) is 4.79 Å². The van der Waals surface area contributed by atoms with Crippen LogP contribution in [0.15, 0.2) is 22.7 Å². The van der Waals surface area contributed by atoms with Gasteiger partial charge in [0.15, 0.2) is 0 Å². The number of benzene rings is 1. The third kappa shape index (κ3) is 2.80. The number of halogens is 2. The standard InChI is InChI=1S/C14H17Br2NO/c1-9-4-3-5-11(13(9)16)14(18)17-7-6-12(15)10(2)8-17/h3-5,10,12H,6-8H2,1-2H3. The van der Waals surface area contributed by atoms with Gasteiger partial charge in [-0.2, -0.15) is 0 Å². The summed E-state index contributed by atoms with van der Waals surface area (Å²) >= 11 is 7.18. The van der Waals surface area contributed by atoms with Crippen LogP contribution in [0.1, 0.15) is 29.3 Å². The summed E-state index contributed by atoms with van der Waals surface area (Å²) < 4.78 is 0.920. The van der Waals surface area contributed by atoms with Crippen LogP contribution in [0.3, 0.4) is 0 Å². The summed E-state index contributed by atoms with van der Waals surface area (Å²) in [5.41, 5.74) is 1.87. The second-order valence-corrected chi connectivity index (χ2v) is 6.94. The maximum absolute atomic E-state index is 12.5. The van der Waals surface area contributed by atoms with Gasteiger partial charge in [0.05, 0.1) is 5.56 Å². The highest BCUT2D eigenvalue weighted by atomic mass is 79.9. The van der Waals surface area contributed by atoms with Gasteiger partial charge in [0.2, 0.25) is 0 Å². The second kappa shape index (κ2) is 5.74. The predicted molar refractivity (Wildman–Crippen MR) is 81.3 cm³/mol. The Morgan fingerprint density at radius 1 is 1.44 bits per heavy atom. The fourth-order valence-corrected chi connectivity index (χ4v) is 3.09. The molecule has 0 spiro atoms. The summed E-state index contributed by atoms with van der Waals surface area (Å²) in [5, 5.41) is 0. The van der Waals surface area contributed by atoms with Crippen LogP contribution in [0.25, 0.3) is 0 Å². The fraction of sp³-hybridized carbons (Fsp3) is 0.500. The van der Waals surface area contributed by atoms with E-state index >= 15 is 0 Å². The first-order valence-electron chi connectivity index (χ1n) is 6.19. The number of carbonyl (C=O) groups excluding carboxylic acids is 1.